The molecule has 0 radical (unpaired) electrons. The molecule has 0 aromatic heterocycles. The fourth-order valence-electron chi connectivity index (χ4n) is 2.18. The van der Waals surface area contributed by atoms with Gasteiger partial charge < -0.3 is 9.84 Å². The lowest BCUT2D eigenvalue weighted by atomic mass is 9.68. The molecule has 5 heteroatoms. The van der Waals surface area contributed by atoms with Crippen LogP contribution in [0.5, 0.6) is 5.75 Å². The summed E-state index contributed by atoms with van der Waals surface area (Å²) in [6, 6.07) is 6.11. The third-order valence-corrected chi connectivity index (χ3v) is 3.28. The highest BCUT2D eigenvalue weighted by atomic mass is 19.4. The van der Waals surface area contributed by atoms with Gasteiger partial charge in [-0.1, -0.05) is 25.1 Å². The molecule has 0 heterocycles. The van der Waals surface area contributed by atoms with Crippen molar-refractivity contribution in [3.8, 4) is 5.75 Å². The average molecular weight is 246 g/mol. The lowest BCUT2D eigenvalue weighted by molar-refractivity contribution is -0.275. The number of aliphatic hydroxyl groups is 1. The van der Waals surface area contributed by atoms with E-state index in [1.54, 1.807) is 12.1 Å². The topological polar surface area (TPSA) is 29.5 Å². The zero-order valence-electron chi connectivity index (χ0n) is 9.24. The second-order valence-electron chi connectivity index (χ2n) is 4.35. The fourth-order valence-corrected chi connectivity index (χ4v) is 2.18. The van der Waals surface area contributed by atoms with E-state index in [9.17, 15) is 18.3 Å². The molecule has 1 saturated carbocycles. The van der Waals surface area contributed by atoms with E-state index in [0.717, 1.165) is 0 Å². The number of alkyl halides is 3. The number of benzene rings is 1. The minimum Gasteiger partial charge on any atom is -0.405 e. The van der Waals surface area contributed by atoms with Crippen molar-refractivity contribution in [2.24, 2.45) is 5.92 Å². The highest BCUT2D eigenvalue weighted by Gasteiger charge is 2.40. The number of hydrogen-bond acceptors (Lipinski definition) is 2. The summed E-state index contributed by atoms with van der Waals surface area (Å²) in [5.74, 6) is -0.264. The first-order chi connectivity index (χ1) is 7.88. The summed E-state index contributed by atoms with van der Waals surface area (Å²) < 4.78 is 40.6. The Morgan fingerprint density at radius 2 is 1.94 bits per heavy atom. The van der Waals surface area contributed by atoms with Crippen LogP contribution in [0.4, 0.5) is 13.2 Å². The molecule has 0 spiro atoms. The van der Waals surface area contributed by atoms with E-state index < -0.39 is 12.5 Å². The molecule has 2 rings (SSSR count). The maximum absolute atomic E-state index is 12.2. The van der Waals surface area contributed by atoms with Gasteiger partial charge in [-0.3, -0.25) is 0 Å². The van der Waals surface area contributed by atoms with Crippen LogP contribution in [0.2, 0.25) is 0 Å². The Balaban J connectivity index is 2.23. The molecule has 1 aromatic rings. The smallest absolute Gasteiger partial charge is 0.405 e. The van der Waals surface area contributed by atoms with Crippen molar-refractivity contribution in [1.82, 2.24) is 0 Å². The van der Waals surface area contributed by atoms with Crippen LogP contribution >= 0.6 is 0 Å². The van der Waals surface area contributed by atoms with Gasteiger partial charge in [-0.15, -0.1) is 13.2 Å². The molecular weight excluding hydrogens is 233 g/mol. The molecule has 17 heavy (non-hydrogen) atoms. The standard InChI is InChI=1S/C12H13F3O2/c1-7-9(6-10(7)16)8-4-2-3-5-11(8)17-12(13,14)15/h2-5,7,9-10,16H,6H2,1H3. The maximum atomic E-state index is 12.2. The zero-order chi connectivity index (χ0) is 12.6. The summed E-state index contributed by atoms with van der Waals surface area (Å²) in [6.45, 7) is 1.82. The van der Waals surface area contributed by atoms with Gasteiger partial charge in [0.2, 0.25) is 0 Å². The quantitative estimate of drug-likeness (QED) is 0.869. The van der Waals surface area contributed by atoms with Gasteiger partial charge in [0.05, 0.1) is 6.10 Å². The Kier molecular flexibility index (Phi) is 3.03. The maximum Gasteiger partial charge on any atom is 0.573 e. The molecule has 1 fully saturated rings. The van der Waals surface area contributed by atoms with Crippen molar-refractivity contribution in [3.05, 3.63) is 29.8 Å². The fraction of sp³-hybridized carbons (Fsp3) is 0.500. The minimum absolute atomic E-state index is 0.0343. The monoisotopic (exact) mass is 246 g/mol. The van der Waals surface area contributed by atoms with Gasteiger partial charge in [-0.2, -0.15) is 0 Å². The molecule has 1 N–H and O–H groups in total. The minimum atomic E-state index is -4.68. The Morgan fingerprint density at radius 1 is 1.29 bits per heavy atom. The first-order valence-electron chi connectivity index (χ1n) is 5.41. The van der Waals surface area contributed by atoms with Crippen molar-refractivity contribution in [3.63, 3.8) is 0 Å². The molecule has 94 valence electrons. The summed E-state index contributed by atoms with van der Waals surface area (Å²) in [4.78, 5) is 0. The van der Waals surface area contributed by atoms with Gasteiger partial charge in [0, 0.05) is 0 Å². The number of ether oxygens (including phenoxy) is 1. The van der Waals surface area contributed by atoms with E-state index >= 15 is 0 Å². The Morgan fingerprint density at radius 3 is 2.47 bits per heavy atom. The van der Waals surface area contributed by atoms with E-state index in [2.05, 4.69) is 4.74 Å². The number of aliphatic hydroxyl groups excluding tert-OH is 1. The highest BCUT2D eigenvalue weighted by Crippen LogP contribution is 2.46. The molecule has 1 aliphatic rings. The van der Waals surface area contributed by atoms with E-state index in [0.29, 0.717) is 12.0 Å². The van der Waals surface area contributed by atoms with Gasteiger partial charge >= 0.3 is 6.36 Å². The molecule has 2 nitrogen and oxygen atoms in total. The van der Waals surface area contributed by atoms with Gasteiger partial charge in [0.15, 0.2) is 0 Å². The number of hydrogen-bond donors (Lipinski definition) is 1. The van der Waals surface area contributed by atoms with Gasteiger partial charge in [0.1, 0.15) is 5.75 Å². The Bertz CT molecular complexity index is 403. The molecule has 1 aliphatic carbocycles. The predicted molar refractivity (Wildman–Crippen MR) is 55.7 cm³/mol. The third-order valence-electron chi connectivity index (χ3n) is 3.28. The van der Waals surface area contributed by atoms with Crippen molar-refractivity contribution in [2.45, 2.75) is 31.7 Å². The molecule has 0 bridgehead atoms. The van der Waals surface area contributed by atoms with Crippen LogP contribution in [0.15, 0.2) is 24.3 Å². The van der Waals surface area contributed by atoms with Crippen molar-refractivity contribution >= 4 is 0 Å². The molecule has 3 unspecified atom stereocenters. The molecular formula is C12H13F3O2. The number of halogens is 3. The molecule has 0 saturated heterocycles. The van der Waals surface area contributed by atoms with E-state index in [1.165, 1.54) is 12.1 Å². The zero-order valence-corrected chi connectivity index (χ0v) is 9.24. The number of rotatable bonds is 2. The predicted octanol–water partition coefficient (Wildman–Crippen LogP) is 3.07. The van der Waals surface area contributed by atoms with Crippen molar-refractivity contribution in [2.75, 3.05) is 0 Å². The summed E-state index contributed by atoms with van der Waals surface area (Å²) in [5.41, 5.74) is 0.516. The normalized spacial score (nSPS) is 28.6. The van der Waals surface area contributed by atoms with Crippen LogP contribution in [-0.4, -0.2) is 17.6 Å². The molecule has 1 aromatic carbocycles. The van der Waals surface area contributed by atoms with Gasteiger partial charge in [-0.25, -0.2) is 0 Å². The molecule has 0 aliphatic heterocycles. The second kappa shape index (κ2) is 4.22. The molecule has 0 amide bonds. The Labute approximate surface area is 97.0 Å². The lowest BCUT2D eigenvalue weighted by Gasteiger charge is -2.40. The second-order valence-corrected chi connectivity index (χ2v) is 4.35. The highest BCUT2D eigenvalue weighted by molar-refractivity contribution is 5.38. The Hall–Kier alpha value is -1.23. The summed E-state index contributed by atoms with van der Waals surface area (Å²) in [5, 5.41) is 9.41. The van der Waals surface area contributed by atoms with Crippen LogP contribution in [0, 0.1) is 5.92 Å². The summed E-state index contributed by atoms with van der Waals surface area (Å²) in [7, 11) is 0. The summed E-state index contributed by atoms with van der Waals surface area (Å²) >= 11 is 0. The van der Waals surface area contributed by atoms with Gasteiger partial charge in [-0.05, 0) is 29.9 Å². The van der Waals surface area contributed by atoms with Crippen molar-refractivity contribution < 1.29 is 23.0 Å². The van der Waals surface area contributed by atoms with Crippen molar-refractivity contribution in [1.29, 1.82) is 0 Å². The van der Waals surface area contributed by atoms with E-state index in [4.69, 9.17) is 0 Å². The van der Waals surface area contributed by atoms with E-state index in [1.807, 2.05) is 6.92 Å². The van der Waals surface area contributed by atoms with Crippen LogP contribution in [0.25, 0.3) is 0 Å². The lowest BCUT2D eigenvalue weighted by Crippen LogP contribution is -2.37. The van der Waals surface area contributed by atoms with Crippen LogP contribution in [-0.2, 0) is 0 Å². The number of para-hydroxylation sites is 1. The first-order valence-corrected chi connectivity index (χ1v) is 5.41. The third kappa shape index (κ3) is 2.54. The first kappa shape index (κ1) is 12.2. The molecule has 3 atom stereocenters. The average Bonchev–Trinajstić information content (AvgIpc) is 2.24. The largest absolute Gasteiger partial charge is 0.573 e. The van der Waals surface area contributed by atoms with E-state index in [-0.39, 0.29) is 17.6 Å². The van der Waals surface area contributed by atoms with Crippen LogP contribution in [0.1, 0.15) is 24.8 Å². The SMILES string of the molecule is CC1C(O)CC1c1ccccc1OC(F)(F)F. The van der Waals surface area contributed by atoms with Crippen LogP contribution in [0.3, 0.4) is 0 Å². The van der Waals surface area contributed by atoms with Gasteiger partial charge in [0.25, 0.3) is 0 Å². The summed E-state index contributed by atoms with van der Waals surface area (Å²) in [6.07, 6.45) is -4.62. The van der Waals surface area contributed by atoms with Crippen LogP contribution < -0.4 is 4.74 Å².